The summed E-state index contributed by atoms with van der Waals surface area (Å²) in [6.07, 6.45) is -4.46. The average molecular weight is 390 g/mol. The zero-order valence-electron chi connectivity index (χ0n) is 14.2. The third-order valence-corrected chi connectivity index (χ3v) is 4.16. The number of alkyl halides is 3. The van der Waals surface area contributed by atoms with Crippen LogP contribution in [0.4, 0.5) is 17.6 Å². The van der Waals surface area contributed by atoms with Crippen LogP contribution < -0.4 is 5.32 Å². The Kier molecular flexibility index (Phi) is 6.63. The summed E-state index contributed by atoms with van der Waals surface area (Å²) in [5.74, 6) is -0.961. The number of hydrogen-bond acceptors (Lipinski definition) is 4. The van der Waals surface area contributed by atoms with Crippen LogP contribution in [0, 0.1) is 11.7 Å². The molecule has 0 atom stereocenters. The number of thioether (sulfide) groups is 1. The van der Waals surface area contributed by atoms with Crippen LogP contribution in [0.3, 0.4) is 0 Å². The van der Waals surface area contributed by atoms with Gasteiger partial charge in [-0.25, -0.2) is 4.39 Å². The van der Waals surface area contributed by atoms with Crippen LogP contribution in [0.25, 0.3) is 11.4 Å². The highest BCUT2D eigenvalue weighted by Crippen LogP contribution is 2.26. The largest absolute Gasteiger partial charge is 0.405 e. The van der Waals surface area contributed by atoms with E-state index in [1.165, 1.54) is 6.07 Å². The van der Waals surface area contributed by atoms with E-state index in [2.05, 4.69) is 10.2 Å². The van der Waals surface area contributed by atoms with Crippen molar-refractivity contribution in [3.05, 3.63) is 30.1 Å². The summed E-state index contributed by atoms with van der Waals surface area (Å²) < 4.78 is 52.1. The van der Waals surface area contributed by atoms with Crippen molar-refractivity contribution in [2.45, 2.75) is 31.7 Å². The zero-order valence-corrected chi connectivity index (χ0v) is 15.0. The van der Waals surface area contributed by atoms with Gasteiger partial charge < -0.3 is 9.88 Å². The molecular weight excluding hydrogens is 372 g/mol. The minimum atomic E-state index is -4.46. The summed E-state index contributed by atoms with van der Waals surface area (Å²) in [4.78, 5) is 11.6. The number of hydrogen-bond donors (Lipinski definition) is 1. The molecule has 142 valence electrons. The maximum absolute atomic E-state index is 14.1. The van der Waals surface area contributed by atoms with E-state index in [9.17, 15) is 22.4 Å². The van der Waals surface area contributed by atoms with Gasteiger partial charge in [0.2, 0.25) is 5.91 Å². The van der Waals surface area contributed by atoms with Crippen molar-refractivity contribution in [2.24, 2.45) is 5.92 Å². The molecule has 1 aromatic heterocycles. The fourth-order valence-electron chi connectivity index (χ4n) is 2.15. The molecule has 26 heavy (non-hydrogen) atoms. The van der Waals surface area contributed by atoms with E-state index in [0.717, 1.165) is 11.8 Å². The molecule has 0 aliphatic rings. The van der Waals surface area contributed by atoms with Crippen molar-refractivity contribution in [1.29, 1.82) is 0 Å². The zero-order chi connectivity index (χ0) is 19.3. The van der Waals surface area contributed by atoms with Crippen LogP contribution >= 0.6 is 11.8 Å². The second-order valence-electron chi connectivity index (χ2n) is 5.97. The molecule has 5 nitrogen and oxygen atoms in total. The van der Waals surface area contributed by atoms with Crippen molar-refractivity contribution in [3.63, 3.8) is 0 Å². The fourth-order valence-corrected chi connectivity index (χ4v) is 2.92. The van der Waals surface area contributed by atoms with Gasteiger partial charge in [0.15, 0.2) is 11.0 Å². The fraction of sp³-hybridized carbons (Fsp3) is 0.438. The van der Waals surface area contributed by atoms with Crippen LogP contribution in [0.5, 0.6) is 0 Å². The molecule has 0 saturated carbocycles. The number of aromatic nitrogens is 3. The highest BCUT2D eigenvalue weighted by molar-refractivity contribution is 7.99. The van der Waals surface area contributed by atoms with Gasteiger partial charge in [0.1, 0.15) is 12.4 Å². The van der Waals surface area contributed by atoms with Crippen LogP contribution in [0.1, 0.15) is 13.8 Å². The molecule has 0 spiro atoms. The molecule has 0 fully saturated rings. The normalized spacial score (nSPS) is 11.8. The minimum Gasteiger partial charge on any atom is -0.346 e. The van der Waals surface area contributed by atoms with Crippen LogP contribution in [0.15, 0.2) is 29.4 Å². The van der Waals surface area contributed by atoms with Crippen LogP contribution in [-0.2, 0) is 11.3 Å². The molecule has 0 radical (unpaired) electrons. The number of carbonyl (C=O) groups excluding carboxylic acids is 1. The second kappa shape index (κ2) is 8.52. The lowest BCUT2D eigenvalue weighted by molar-refractivity contribution is -0.136. The predicted octanol–water partition coefficient (Wildman–Crippen LogP) is 3.51. The highest BCUT2D eigenvalue weighted by atomic mass is 32.2. The summed E-state index contributed by atoms with van der Waals surface area (Å²) in [6, 6.07) is 6.11. The summed E-state index contributed by atoms with van der Waals surface area (Å²) in [5, 5.41) is 10.1. The number of carbonyl (C=O) groups is 1. The minimum absolute atomic E-state index is 0.190. The molecule has 0 aliphatic heterocycles. The van der Waals surface area contributed by atoms with E-state index in [1.807, 2.05) is 13.8 Å². The molecule has 10 heteroatoms. The Morgan fingerprint density at radius 2 is 1.96 bits per heavy atom. The first kappa shape index (κ1) is 20.2. The first-order chi connectivity index (χ1) is 12.2. The van der Waals surface area contributed by atoms with Crippen molar-refractivity contribution in [1.82, 2.24) is 20.1 Å². The molecule has 1 N–H and O–H groups in total. The number of rotatable bonds is 7. The Morgan fingerprint density at radius 3 is 2.58 bits per heavy atom. The lowest BCUT2D eigenvalue weighted by atomic mass is 10.2. The van der Waals surface area contributed by atoms with Gasteiger partial charge in [-0.1, -0.05) is 37.7 Å². The molecular formula is C16H18F4N4OS. The Labute approximate surface area is 152 Å². The summed E-state index contributed by atoms with van der Waals surface area (Å²) in [5.41, 5.74) is 0.272. The number of benzene rings is 1. The van der Waals surface area contributed by atoms with Gasteiger partial charge >= 0.3 is 6.18 Å². The molecule has 0 unspecified atom stereocenters. The van der Waals surface area contributed by atoms with E-state index in [4.69, 9.17) is 0 Å². The van der Waals surface area contributed by atoms with Crippen molar-refractivity contribution < 1.29 is 22.4 Å². The Balaban J connectivity index is 2.16. The van der Waals surface area contributed by atoms with Gasteiger partial charge in [-0.2, -0.15) is 13.2 Å². The van der Waals surface area contributed by atoms with E-state index in [-0.39, 0.29) is 17.2 Å². The molecule has 1 amide bonds. The predicted molar refractivity (Wildman–Crippen MR) is 90.0 cm³/mol. The molecule has 1 heterocycles. The van der Waals surface area contributed by atoms with Crippen LogP contribution in [0.2, 0.25) is 0 Å². The van der Waals surface area contributed by atoms with Gasteiger partial charge in [0, 0.05) is 6.54 Å². The highest BCUT2D eigenvalue weighted by Gasteiger charge is 2.27. The van der Waals surface area contributed by atoms with E-state index in [0.29, 0.717) is 17.5 Å². The third-order valence-electron chi connectivity index (χ3n) is 3.20. The number of nitrogens with one attached hydrogen (secondary N) is 1. The molecule has 2 aromatic rings. The van der Waals surface area contributed by atoms with Gasteiger partial charge in [0.25, 0.3) is 0 Å². The SMILES string of the molecule is CC(C)Cn1c(SCC(=O)NCC(F)(F)F)nnc1-c1ccccc1F. The van der Waals surface area contributed by atoms with Gasteiger partial charge in [-0.15, -0.1) is 10.2 Å². The second-order valence-corrected chi connectivity index (χ2v) is 6.91. The summed E-state index contributed by atoms with van der Waals surface area (Å²) in [7, 11) is 0. The summed E-state index contributed by atoms with van der Waals surface area (Å²) >= 11 is 0.957. The maximum Gasteiger partial charge on any atom is 0.405 e. The number of amides is 1. The standard InChI is InChI=1S/C16H18F4N4OS/c1-10(2)7-24-14(11-5-3-4-6-12(11)17)22-23-15(24)26-8-13(25)21-9-16(18,19)20/h3-6,10H,7-9H2,1-2H3,(H,21,25). The van der Waals surface area contributed by atoms with E-state index >= 15 is 0 Å². The van der Waals surface area contributed by atoms with Gasteiger partial charge in [-0.3, -0.25) is 4.79 Å². The molecule has 1 aromatic carbocycles. The quantitative estimate of drug-likeness (QED) is 0.581. The first-order valence-electron chi connectivity index (χ1n) is 7.81. The topological polar surface area (TPSA) is 59.8 Å². The lowest BCUT2D eigenvalue weighted by Gasteiger charge is -2.13. The average Bonchev–Trinajstić information content (AvgIpc) is 2.92. The third kappa shape index (κ3) is 5.72. The Bertz CT molecular complexity index is 761. The van der Waals surface area contributed by atoms with Crippen molar-refractivity contribution in [3.8, 4) is 11.4 Å². The Morgan fingerprint density at radius 1 is 1.27 bits per heavy atom. The van der Waals surface area contributed by atoms with Crippen molar-refractivity contribution >= 4 is 17.7 Å². The molecule has 0 bridgehead atoms. The Hall–Kier alpha value is -2.10. The molecule has 2 rings (SSSR count). The van der Waals surface area contributed by atoms with Gasteiger partial charge in [0.05, 0.1) is 11.3 Å². The maximum atomic E-state index is 14.1. The monoisotopic (exact) mass is 390 g/mol. The van der Waals surface area contributed by atoms with Crippen molar-refractivity contribution in [2.75, 3.05) is 12.3 Å². The smallest absolute Gasteiger partial charge is 0.346 e. The summed E-state index contributed by atoms with van der Waals surface area (Å²) in [6.45, 7) is 3.00. The molecule has 0 saturated heterocycles. The van der Waals surface area contributed by atoms with E-state index in [1.54, 1.807) is 28.1 Å². The first-order valence-corrected chi connectivity index (χ1v) is 8.80. The van der Waals surface area contributed by atoms with E-state index < -0.39 is 24.4 Å². The van der Waals surface area contributed by atoms with Gasteiger partial charge in [-0.05, 0) is 18.1 Å². The van der Waals surface area contributed by atoms with Crippen LogP contribution in [-0.4, -0.2) is 39.1 Å². The number of halogens is 4. The molecule has 0 aliphatic carbocycles. The lowest BCUT2D eigenvalue weighted by Crippen LogP contribution is -2.34. The number of nitrogens with zero attached hydrogens (tertiary/aromatic N) is 3.